The second-order valence-electron chi connectivity index (χ2n) is 4.06. The first-order chi connectivity index (χ1) is 7.15. The Morgan fingerprint density at radius 3 is 2.60 bits per heavy atom. The summed E-state index contributed by atoms with van der Waals surface area (Å²) < 4.78 is 5.15. The van der Waals surface area contributed by atoms with Crippen molar-refractivity contribution >= 4 is 5.78 Å². The molecule has 0 aliphatic carbocycles. The van der Waals surface area contributed by atoms with E-state index < -0.39 is 0 Å². The van der Waals surface area contributed by atoms with Crippen molar-refractivity contribution in [1.82, 2.24) is 0 Å². The monoisotopic (exact) mass is 206 g/mol. The highest BCUT2D eigenvalue weighted by Crippen LogP contribution is 2.20. The molecular weight excluding hydrogens is 188 g/mol. The number of hydrogen-bond acceptors (Lipinski definition) is 2. The van der Waals surface area contributed by atoms with Crippen LogP contribution in [0.1, 0.15) is 37.0 Å². The lowest BCUT2D eigenvalue weighted by Crippen LogP contribution is -2.03. The maximum Gasteiger partial charge on any atom is 0.166 e. The molecule has 0 saturated carbocycles. The molecule has 1 rings (SSSR count). The Labute approximate surface area is 91.3 Å². The molecule has 0 atom stereocenters. The third kappa shape index (κ3) is 3.39. The Hall–Kier alpha value is -1.31. The summed E-state index contributed by atoms with van der Waals surface area (Å²) in [4.78, 5) is 11.8. The molecule has 0 fully saturated rings. The normalized spacial score (nSPS) is 10.4. The zero-order valence-electron chi connectivity index (χ0n) is 9.62. The van der Waals surface area contributed by atoms with Crippen molar-refractivity contribution in [3.8, 4) is 5.75 Å². The van der Waals surface area contributed by atoms with E-state index >= 15 is 0 Å². The van der Waals surface area contributed by atoms with E-state index in [9.17, 15) is 4.79 Å². The van der Waals surface area contributed by atoms with E-state index in [1.54, 1.807) is 7.11 Å². The minimum atomic E-state index is 0.168. The number of carbonyl (C=O) groups is 1. The number of carbonyl (C=O) groups excluding carboxylic acids is 1. The second kappa shape index (κ2) is 5.54. The van der Waals surface area contributed by atoms with Crippen LogP contribution in [0.25, 0.3) is 0 Å². The predicted octanol–water partition coefficient (Wildman–Crippen LogP) is 3.31. The maximum atomic E-state index is 11.8. The zero-order valence-corrected chi connectivity index (χ0v) is 9.62. The Morgan fingerprint density at radius 2 is 2.00 bits per heavy atom. The van der Waals surface area contributed by atoms with Gasteiger partial charge in [0.05, 0.1) is 12.7 Å². The third-order valence-electron chi connectivity index (χ3n) is 2.36. The third-order valence-corrected chi connectivity index (χ3v) is 2.36. The molecule has 82 valence electrons. The van der Waals surface area contributed by atoms with E-state index in [2.05, 4.69) is 13.8 Å². The van der Waals surface area contributed by atoms with E-state index in [4.69, 9.17) is 4.74 Å². The Kier molecular flexibility index (Phi) is 4.35. The first kappa shape index (κ1) is 11.8. The number of methoxy groups -OCH3 is 1. The zero-order chi connectivity index (χ0) is 11.3. The molecule has 15 heavy (non-hydrogen) atoms. The van der Waals surface area contributed by atoms with Gasteiger partial charge >= 0.3 is 0 Å². The molecule has 0 unspecified atom stereocenters. The lowest BCUT2D eigenvalue weighted by Gasteiger charge is -2.08. The van der Waals surface area contributed by atoms with Gasteiger partial charge in [0.2, 0.25) is 0 Å². The lowest BCUT2D eigenvalue weighted by atomic mass is 10.0. The van der Waals surface area contributed by atoms with Crippen molar-refractivity contribution in [2.24, 2.45) is 5.92 Å². The molecule has 0 radical (unpaired) electrons. The van der Waals surface area contributed by atoms with Crippen LogP contribution in [-0.2, 0) is 0 Å². The van der Waals surface area contributed by atoms with Gasteiger partial charge in [-0.05, 0) is 24.5 Å². The molecule has 0 heterocycles. The summed E-state index contributed by atoms with van der Waals surface area (Å²) in [6.07, 6.45) is 1.52. The molecule has 2 nitrogen and oxygen atoms in total. The smallest absolute Gasteiger partial charge is 0.166 e. The van der Waals surface area contributed by atoms with E-state index in [0.29, 0.717) is 23.7 Å². The summed E-state index contributed by atoms with van der Waals surface area (Å²) in [7, 11) is 1.59. The van der Waals surface area contributed by atoms with Gasteiger partial charge in [-0.1, -0.05) is 26.0 Å². The van der Waals surface area contributed by atoms with Crippen molar-refractivity contribution in [3.63, 3.8) is 0 Å². The fourth-order valence-electron chi connectivity index (χ4n) is 1.43. The van der Waals surface area contributed by atoms with Gasteiger partial charge in [0.15, 0.2) is 5.78 Å². The van der Waals surface area contributed by atoms with Crippen LogP contribution < -0.4 is 4.74 Å². The largest absolute Gasteiger partial charge is 0.496 e. The van der Waals surface area contributed by atoms with Crippen LogP contribution in [0.4, 0.5) is 0 Å². The van der Waals surface area contributed by atoms with Gasteiger partial charge in [-0.15, -0.1) is 0 Å². The van der Waals surface area contributed by atoms with Crippen LogP contribution in [0.3, 0.4) is 0 Å². The lowest BCUT2D eigenvalue weighted by molar-refractivity contribution is 0.0972. The molecule has 0 bridgehead atoms. The minimum Gasteiger partial charge on any atom is -0.496 e. The number of para-hydroxylation sites is 1. The van der Waals surface area contributed by atoms with Gasteiger partial charge in [-0.25, -0.2) is 0 Å². The van der Waals surface area contributed by atoms with Crippen LogP contribution >= 0.6 is 0 Å². The highest BCUT2D eigenvalue weighted by molar-refractivity contribution is 5.98. The van der Waals surface area contributed by atoms with Crippen LogP contribution in [0.2, 0.25) is 0 Å². The summed E-state index contributed by atoms with van der Waals surface area (Å²) in [5.74, 6) is 1.40. The molecule has 0 aromatic heterocycles. The highest BCUT2D eigenvalue weighted by Gasteiger charge is 2.11. The van der Waals surface area contributed by atoms with Crippen molar-refractivity contribution in [2.45, 2.75) is 26.7 Å². The number of hydrogen-bond donors (Lipinski definition) is 0. The minimum absolute atomic E-state index is 0.168. The average Bonchev–Trinajstić information content (AvgIpc) is 2.25. The Morgan fingerprint density at radius 1 is 1.33 bits per heavy atom. The average molecular weight is 206 g/mol. The van der Waals surface area contributed by atoms with Gasteiger partial charge in [-0.2, -0.15) is 0 Å². The number of benzene rings is 1. The van der Waals surface area contributed by atoms with Crippen LogP contribution in [0.5, 0.6) is 5.75 Å². The molecule has 1 aromatic rings. The molecule has 0 aliphatic heterocycles. The number of rotatable bonds is 5. The van der Waals surface area contributed by atoms with E-state index in [0.717, 1.165) is 6.42 Å². The van der Waals surface area contributed by atoms with Gasteiger partial charge in [0.1, 0.15) is 5.75 Å². The number of ketones is 1. The number of Topliss-reactive ketones (excluding diaryl/α,β-unsaturated/α-hetero) is 1. The van der Waals surface area contributed by atoms with Gasteiger partial charge < -0.3 is 4.74 Å². The summed E-state index contributed by atoms with van der Waals surface area (Å²) in [6.45, 7) is 4.24. The van der Waals surface area contributed by atoms with Crippen LogP contribution in [0.15, 0.2) is 24.3 Å². The fraction of sp³-hybridized carbons (Fsp3) is 0.462. The molecule has 0 N–H and O–H groups in total. The summed E-state index contributed by atoms with van der Waals surface area (Å²) in [6, 6.07) is 7.38. The Bertz CT molecular complexity index is 329. The first-order valence-corrected chi connectivity index (χ1v) is 5.31. The van der Waals surface area contributed by atoms with Crippen molar-refractivity contribution in [2.75, 3.05) is 7.11 Å². The van der Waals surface area contributed by atoms with Gasteiger partial charge in [0, 0.05) is 6.42 Å². The second-order valence-corrected chi connectivity index (χ2v) is 4.06. The first-order valence-electron chi connectivity index (χ1n) is 5.31. The SMILES string of the molecule is COc1ccccc1C(=O)CCC(C)C. The quantitative estimate of drug-likeness (QED) is 0.691. The molecule has 0 spiro atoms. The summed E-state index contributed by atoms with van der Waals surface area (Å²) >= 11 is 0. The molecule has 0 amide bonds. The Balaban J connectivity index is 2.72. The predicted molar refractivity (Wildman–Crippen MR) is 61.4 cm³/mol. The highest BCUT2D eigenvalue weighted by atomic mass is 16.5. The molecule has 2 heteroatoms. The van der Waals surface area contributed by atoms with Crippen molar-refractivity contribution in [1.29, 1.82) is 0 Å². The van der Waals surface area contributed by atoms with E-state index in [1.807, 2.05) is 24.3 Å². The van der Waals surface area contributed by atoms with Crippen LogP contribution in [0, 0.1) is 5.92 Å². The van der Waals surface area contributed by atoms with E-state index in [-0.39, 0.29) is 5.78 Å². The topological polar surface area (TPSA) is 26.3 Å². The molecule has 0 aliphatic rings. The van der Waals surface area contributed by atoms with Crippen molar-refractivity contribution in [3.05, 3.63) is 29.8 Å². The summed E-state index contributed by atoms with van der Waals surface area (Å²) in [5, 5.41) is 0. The molecule has 0 saturated heterocycles. The van der Waals surface area contributed by atoms with Crippen LogP contribution in [-0.4, -0.2) is 12.9 Å². The van der Waals surface area contributed by atoms with Gasteiger partial charge in [-0.3, -0.25) is 4.79 Å². The number of ether oxygens (including phenoxy) is 1. The van der Waals surface area contributed by atoms with Gasteiger partial charge in [0.25, 0.3) is 0 Å². The molecular formula is C13H18O2. The van der Waals surface area contributed by atoms with Crippen molar-refractivity contribution < 1.29 is 9.53 Å². The summed E-state index contributed by atoms with van der Waals surface area (Å²) in [5.41, 5.74) is 0.695. The maximum absolute atomic E-state index is 11.8. The standard InChI is InChI=1S/C13H18O2/c1-10(2)8-9-12(14)11-6-4-5-7-13(11)15-3/h4-7,10H,8-9H2,1-3H3. The molecule has 1 aromatic carbocycles. The fourth-order valence-corrected chi connectivity index (χ4v) is 1.43. The van der Waals surface area contributed by atoms with E-state index in [1.165, 1.54) is 0 Å².